The van der Waals surface area contributed by atoms with E-state index in [1.54, 1.807) is 36.4 Å². The van der Waals surface area contributed by atoms with E-state index in [1.807, 2.05) is 6.92 Å². The second kappa shape index (κ2) is 8.36. The first-order chi connectivity index (χ1) is 15.1. The number of benzene rings is 2. The van der Waals surface area contributed by atoms with Gasteiger partial charge in [-0.3, -0.25) is 24.7 Å². The number of hydrazine groups is 1. The molecule has 2 aromatic carbocycles. The predicted octanol–water partition coefficient (Wildman–Crippen LogP) is 3.34. The standard InChI is InChI=1S/C22H20FN3O4S2/c1-13-11-16-12-15(5-8-18(16)26(13)32(2,29)30)21(27)24-25-22(28)20-10-9-19(31-20)14-3-6-17(23)7-4-14/h3-10,12-13H,11H2,1-2H3,(H,24,27)(H,25,28). The van der Waals surface area contributed by atoms with E-state index in [0.29, 0.717) is 22.5 Å². The quantitative estimate of drug-likeness (QED) is 0.568. The number of fused-ring (bicyclic) bond motifs is 1. The Hall–Kier alpha value is -3.24. The maximum absolute atomic E-state index is 13.1. The summed E-state index contributed by atoms with van der Waals surface area (Å²) in [5, 5.41) is 0. The van der Waals surface area contributed by atoms with Crippen LogP contribution < -0.4 is 15.2 Å². The van der Waals surface area contributed by atoms with Gasteiger partial charge in [-0.2, -0.15) is 0 Å². The van der Waals surface area contributed by atoms with E-state index in [0.717, 1.165) is 22.3 Å². The molecule has 32 heavy (non-hydrogen) atoms. The van der Waals surface area contributed by atoms with Crippen molar-refractivity contribution in [3.05, 3.63) is 76.4 Å². The predicted molar refractivity (Wildman–Crippen MR) is 122 cm³/mol. The fraction of sp³-hybridized carbons (Fsp3) is 0.182. The second-order valence-corrected chi connectivity index (χ2v) is 10.5. The number of amides is 2. The molecule has 0 saturated heterocycles. The van der Waals surface area contributed by atoms with Crippen molar-refractivity contribution >= 4 is 38.9 Å². The van der Waals surface area contributed by atoms with Crippen LogP contribution in [0.5, 0.6) is 0 Å². The Morgan fingerprint density at radius 3 is 2.41 bits per heavy atom. The molecule has 1 aromatic heterocycles. The molecule has 1 aliphatic heterocycles. The molecular formula is C22H20FN3O4S2. The lowest BCUT2D eigenvalue weighted by molar-refractivity contribution is 0.0849. The van der Waals surface area contributed by atoms with E-state index in [2.05, 4.69) is 10.9 Å². The van der Waals surface area contributed by atoms with Crippen LogP contribution >= 0.6 is 11.3 Å². The zero-order valence-electron chi connectivity index (χ0n) is 17.3. The highest BCUT2D eigenvalue weighted by atomic mass is 32.2. The van der Waals surface area contributed by atoms with Gasteiger partial charge in [0.1, 0.15) is 5.82 Å². The third-order valence-corrected chi connectivity index (χ3v) is 7.50. The Labute approximate surface area is 188 Å². The van der Waals surface area contributed by atoms with Gasteiger partial charge in [-0.1, -0.05) is 12.1 Å². The van der Waals surface area contributed by atoms with E-state index >= 15 is 0 Å². The number of hydrogen-bond donors (Lipinski definition) is 2. The number of thiophene rings is 1. The number of sulfonamides is 1. The Balaban J connectivity index is 1.42. The van der Waals surface area contributed by atoms with Crippen LogP contribution in [0.4, 0.5) is 10.1 Å². The van der Waals surface area contributed by atoms with Crippen LogP contribution in [0, 0.1) is 5.82 Å². The van der Waals surface area contributed by atoms with Crippen LogP contribution in [-0.4, -0.2) is 32.5 Å². The SMILES string of the molecule is CC1Cc2cc(C(=O)NNC(=O)c3ccc(-c4ccc(F)cc4)s3)ccc2N1S(C)(=O)=O. The Kier molecular flexibility index (Phi) is 5.74. The fourth-order valence-electron chi connectivity index (χ4n) is 3.73. The molecule has 1 aliphatic rings. The van der Waals surface area contributed by atoms with Gasteiger partial charge in [0, 0.05) is 16.5 Å². The highest BCUT2D eigenvalue weighted by Crippen LogP contribution is 2.34. The van der Waals surface area contributed by atoms with Crippen LogP contribution in [0.25, 0.3) is 10.4 Å². The summed E-state index contributed by atoms with van der Waals surface area (Å²) in [4.78, 5) is 26.1. The first-order valence-electron chi connectivity index (χ1n) is 9.72. The number of anilines is 1. The summed E-state index contributed by atoms with van der Waals surface area (Å²) < 4.78 is 38.5. The number of rotatable bonds is 4. The molecule has 7 nitrogen and oxygen atoms in total. The topological polar surface area (TPSA) is 95.6 Å². The average Bonchev–Trinajstić information content (AvgIpc) is 3.35. The van der Waals surface area contributed by atoms with Gasteiger partial charge in [0.25, 0.3) is 11.8 Å². The van der Waals surface area contributed by atoms with Gasteiger partial charge in [0.15, 0.2) is 0 Å². The highest BCUT2D eigenvalue weighted by Gasteiger charge is 2.32. The summed E-state index contributed by atoms with van der Waals surface area (Å²) in [6.07, 6.45) is 1.65. The molecule has 2 N–H and O–H groups in total. The van der Waals surface area contributed by atoms with E-state index in [4.69, 9.17) is 0 Å². The number of hydrogen-bond acceptors (Lipinski definition) is 5. The molecule has 0 spiro atoms. The number of halogens is 1. The largest absolute Gasteiger partial charge is 0.279 e. The van der Waals surface area contributed by atoms with Crippen molar-refractivity contribution in [2.45, 2.75) is 19.4 Å². The molecule has 0 fully saturated rings. The molecular weight excluding hydrogens is 453 g/mol. The molecule has 3 aromatic rings. The molecule has 166 valence electrons. The van der Waals surface area contributed by atoms with Crippen molar-refractivity contribution in [3.8, 4) is 10.4 Å². The number of carbonyl (C=O) groups is 2. The van der Waals surface area contributed by atoms with Gasteiger partial charge in [-0.25, -0.2) is 12.8 Å². The van der Waals surface area contributed by atoms with Gasteiger partial charge in [0.2, 0.25) is 10.0 Å². The number of carbonyl (C=O) groups excluding carboxylic acids is 2. The van der Waals surface area contributed by atoms with E-state index in [9.17, 15) is 22.4 Å². The second-order valence-electron chi connectivity index (χ2n) is 7.53. The zero-order valence-corrected chi connectivity index (χ0v) is 18.9. The van der Waals surface area contributed by atoms with Crippen LogP contribution in [0.3, 0.4) is 0 Å². The molecule has 0 saturated carbocycles. The average molecular weight is 474 g/mol. The molecule has 1 atom stereocenters. The smallest absolute Gasteiger partial charge is 0.267 e. The van der Waals surface area contributed by atoms with E-state index in [-0.39, 0.29) is 11.9 Å². The van der Waals surface area contributed by atoms with Crippen LogP contribution in [0.2, 0.25) is 0 Å². The lowest BCUT2D eigenvalue weighted by Gasteiger charge is -2.21. The third kappa shape index (κ3) is 4.37. The van der Waals surface area contributed by atoms with Crippen LogP contribution in [0.15, 0.2) is 54.6 Å². The van der Waals surface area contributed by atoms with E-state index < -0.39 is 21.8 Å². The summed E-state index contributed by atoms with van der Waals surface area (Å²) >= 11 is 1.22. The lowest BCUT2D eigenvalue weighted by atomic mass is 10.1. The van der Waals surface area contributed by atoms with Gasteiger partial charge in [-0.05, 0) is 66.9 Å². The lowest BCUT2D eigenvalue weighted by Crippen LogP contribution is -2.41. The monoisotopic (exact) mass is 473 g/mol. The Morgan fingerprint density at radius 1 is 1.03 bits per heavy atom. The molecule has 0 aliphatic carbocycles. The van der Waals surface area contributed by atoms with Crippen molar-refractivity contribution in [1.82, 2.24) is 10.9 Å². The minimum Gasteiger partial charge on any atom is -0.267 e. The molecule has 2 heterocycles. The maximum atomic E-state index is 13.1. The molecule has 10 heteroatoms. The van der Waals surface area contributed by atoms with Gasteiger partial charge >= 0.3 is 0 Å². The molecule has 0 radical (unpaired) electrons. The van der Waals surface area contributed by atoms with Gasteiger partial charge in [0.05, 0.1) is 16.8 Å². The summed E-state index contributed by atoms with van der Waals surface area (Å²) in [6, 6.07) is 13.9. The zero-order chi connectivity index (χ0) is 23.0. The van der Waals surface area contributed by atoms with Crippen molar-refractivity contribution in [2.24, 2.45) is 0 Å². The van der Waals surface area contributed by atoms with Crippen molar-refractivity contribution in [1.29, 1.82) is 0 Å². The van der Waals surface area contributed by atoms with Crippen molar-refractivity contribution in [3.63, 3.8) is 0 Å². The minimum absolute atomic E-state index is 0.229. The first kappa shape index (κ1) is 22.0. The molecule has 2 amide bonds. The normalized spacial score (nSPS) is 15.3. The molecule has 4 rings (SSSR count). The number of nitrogens with one attached hydrogen (secondary N) is 2. The first-order valence-corrected chi connectivity index (χ1v) is 12.4. The molecule has 0 bridgehead atoms. The number of nitrogens with zero attached hydrogens (tertiary/aromatic N) is 1. The van der Waals surface area contributed by atoms with Crippen LogP contribution in [-0.2, 0) is 16.4 Å². The summed E-state index contributed by atoms with van der Waals surface area (Å²) in [5.41, 5.74) is 7.18. The Morgan fingerprint density at radius 2 is 1.72 bits per heavy atom. The highest BCUT2D eigenvalue weighted by molar-refractivity contribution is 7.92. The van der Waals surface area contributed by atoms with Gasteiger partial charge < -0.3 is 0 Å². The fourth-order valence-corrected chi connectivity index (χ4v) is 5.90. The van der Waals surface area contributed by atoms with Crippen molar-refractivity contribution < 1.29 is 22.4 Å². The third-order valence-electron chi connectivity index (χ3n) is 5.10. The summed E-state index contributed by atoms with van der Waals surface area (Å²) in [7, 11) is -3.41. The van der Waals surface area contributed by atoms with Crippen molar-refractivity contribution in [2.75, 3.05) is 10.6 Å². The van der Waals surface area contributed by atoms with Crippen LogP contribution in [0.1, 0.15) is 32.5 Å². The summed E-state index contributed by atoms with van der Waals surface area (Å²) in [5.74, 6) is -1.33. The van der Waals surface area contributed by atoms with Gasteiger partial charge in [-0.15, -0.1) is 11.3 Å². The molecule has 1 unspecified atom stereocenters. The van der Waals surface area contributed by atoms with E-state index in [1.165, 1.54) is 33.8 Å². The maximum Gasteiger partial charge on any atom is 0.279 e. The minimum atomic E-state index is -3.41. The Bertz CT molecular complexity index is 1300. The summed E-state index contributed by atoms with van der Waals surface area (Å²) in [6.45, 7) is 1.81.